The number of hydrogen-bond acceptors (Lipinski definition) is 5. The zero-order valence-corrected chi connectivity index (χ0v) is 15.2. The third-order valence-electron chi connectivity index (χ3n) is 3.87. The maximum absolute atomic E-state index is 12.1. The van der Waals surface area contributed by atoms with Crippen molar-refractivity contribution in [3.05, 3.63) is 59.9 Å². The highest BCUT2D eigenvalue weighted by atomic mass is 16.5. The van der Waals surface area contributed by atoms with Crippen molar-refractivity contribution in [2.45, 2.75) is 25.7 Å². The Bertz CT molecular complexity index is 761. The molecular weight excluding hydrogens is 346 g/mol. The molecule has 0 saturated heterocycles. The predicted molar refractivity (Wildman–Crippen MR) is 101 cm³/mol. The van der Waals surface area contributed by atoms with E-state index < -0.39 is 0 Å². The smallest absolute Gasteiger partial charge is 0.305 e. The Labute approximate surface area is 158 Å². The number of rotatable bonds is 9. The van der Waals surface area contributed by atoms with Gasteiger partial charge in [-0.1, -0.05) is 12.5 Å². The van der Waals surface area contributed by atoms with Crippen LogP contribution >= 0.6 is 0 Å². The van der Waals surface area contributed by atoms with Crippen LogP contribution in [0, 0.1) is 0 Å². The standard InChI is InChI=1S/C20H23N3O4/c1-27-18(24)8-3-2-5-14-22-19(25)15-9-11-16(12-10-15)23-20(26)17-7-4-6-13-21-17/h4,6-7,9-13H,2-3,5,8,14H2,1H3,(H,22,25)(H,23,26). The summed E-state index contributed by atoms with van der Waals surface area (Å²) in [7, 11) is 1.37. The van der Waals surface area contributed by atoms with Gasteiger partial charge in [-0.05, 0) is 49.2 Å². The zero-order valence-electron chi connectivity index (χ0n) is 15.2. The fraction of sp³-hybridized carbons (Fsp3) is 0.300. The van der Waals surface area contributed by atoms with Gasteiger partial charge in [0.2, 0.25) is 0 Å². The number of esters is 1. The number of benzene rings is 1. The predicted octanol–water partition coefficient (Wildman–Crippen LogP) is 2.80. The van der Waals surface area contributed by atoms with Crippen molar-refractivity contribution in [1.29, 1.82) is 0 Å². The highest BCUT2D eigenvalue weighted by Gasteiger charge is 2.08. The fourth-order valence-corrected chi connectivity index (χ4v) is 2.37. The summed E-state index contributed by atoms with van der Waals surface area (Å²) in [6, 6.07) is 11.8. The topological polar surface area (TPSA) is 97.4 Å². The van der Waals surface area contributed by atoms with E-state index in [-0.39, 0.29) is 17.8 Å². The molecule has 2 rings (SSSR count). The van der Waals surface area contributed by atoms with Gasteiger partial charge in [-0.15, -0.1) is 0 Å². The average molecular weight is 369 g/mol. The number of methoxy groups -OCH3 is 1. The van der Waals surface area contributed by atoms with E-state index in [1.165, 1.54) is 7.11 Å². The Kier molecular flexibility index (Phi) is 7.96. The number of amides is 2. The highest BCUT2D eigenvalue weighted by molar-refractivity contribution is 6.03. The third-order valence-corrected chi connectivity index (χ3v) is 3.87. The monoisotopic (exact) mass is 369 g/mol. The molecule has 0 fully saturated rings. The Morgan fingerprint density at radius 1 is 0.963 bits per heavy atom. The molecule has 2 aromatic rings. The summed E-state index contributed by atoms with van der Waals surface area (Å²) in [6.45, 7) is 0.540. The molecule has 27 heavy (non-hydrogen) atoms. The maximum atomic E-state index is 12.1. The molecule has 1 heterocycles. The second-order valence-corrected chi connectivity index (χ2v) is 5.89. The molecule has 2 amide bonds. The fourth-order valence-electron chi connectivity index (χ4n) is 2.37. The normalized spacial score (nSPS) is 10.1. The number of hydrogen-bond donors (Lipinski definition) is 2. The van der Waals surface area contributed by atoms with E-state index >= 15 is 0 Å². The lowest BCUT2D eigenvalue weighted by Crippen LogP contribution is -2.24. The molecular formula is C20H23N3O4. The van der Waals surface area contributed by atoms with Gasteiger partial charge >= 0.3 is 5.97 Å². The van der Waals surface area contributed by atoms with E-state index in [0.29, 0.717) is 29.9 Å². The number of nitrogens with zero attached hydrogens (tertiary/aromatic N) is 1. The molecule has 0 radical (unpaired) electrons. The van der Waals surface area contributed by atoms with Gasteiger partial charge < -0.3 is 15.4 Å². The second kappa shape index (κ2) is 10.7. The van der Waals surface area contributed by atoms with Crippen LogP contribution in [0.4, 0.5) is 5.69 Å². The van der Waals surface area contributed by atoms with Crippen LogP contribution in [-0.2, 0) is 9.53 Å². The van der Waals surface area contributed by atoms with Crippen LogP contribution in [0.2, 0.25) is 0 Å². The summed E-state index contributed by atoms with van der Waals surface area (Å²) in [5.41, 5.74) is 1.43. The van der Waals surface area contributed by atoms with Crippen LogP contribution in [0.1, 0.15) is 46.5 Å². The van der Waals surface area contributed by atoms with Crippen molar-refractivity contribution in [3.8, 4) is 0 Å². The van der Waals surface area contributed by atoms with Crippen LogP contribution in [0.25, 0.3) is 0 Å². The molecule has 0 saturated carbocycles. The summed E-state index contributed by atoms with van der Waals surface area (Å²) in [5, 5.41) is 5.57. The quantitative estimate of drug-likeness (QED) is 0.523. The Morgan fingerprint density at radius 3 is 2.41 bits per heavy atom. The molecule has 2 N–H and O–H groups in total. The maximum Gasteiger partial charge on any atom is 0.305 e. The van der Waals surface area contributed by atoms with Crippen molar-refractivity contribution >= 4 is 23.5 Å². The number of anilines is 1. The molecule has 0 aliphatic heterocycles. The molecule has 0 aliphatic carbocycles. The lowest BCUT2D eigenvalue weighted by molar-refractivity contribution is -0.140. The zero-order chi connectivity index (χ0) is 19.5. The number of carbonyl (C=O) groups is 3. The summed E-state index contributed by atoms with van der Waals surface area (Å²) in [5.74, 6) is -0.695. The van der Waals surface area contributed by atoms with Crippen LogP contribution in [0.15, 0.2) is 48.7 Å². The molecule has 7 heteroatoms. The van der Waals surface area contributed by atoms with Crippen LogP contribution < -0.4 is 10.6 Å². The molecule has 0 bridgehead atoms. The molecule has 0 aliphatic rings. The van der Waals surface area contributed by atoms with E-state index in [1.807, 2.05) is 0 Å². The average Bonchev–Trinajstić information content (AvgIpc) is 2.71. The molecule has 7 nitrogen and oxygen atoms in total. The Hall–Kier alpha value is -3.22. The first kappa shape index (κ1) is 20.1. The second-order valence-electron chi connectivity index (χ2n) is 5.89. The van der Waals surface area contributed by atoms with Gasteiger partial charge in [-0.3, -0.25) is 19.4 Å². The van der Waals surface area contributed by atoms with Crippen molar-refractivity contribution in [2.75, 3.05) is 19.0 Å². The van der Waals surface area contributed by atoms with Gasteiger partial charge in [0.15, 0.2) is 0 Å². The van der Waals surface area contributed by atoms with Gasteiger partial charge in [0.05, 0.1) is 7.11 Å². The van der Waals surface area contributed by atoms with E-state index in [4.69, 9.17) is 0 Å². The first-order valence-corrected chi connectivity index (χ1v) is 8.77. The van der Waals surface area contributed by atoms with Gasteiger partial charge in [-0.25, -0.2) is 0 Å². The van der Waals surface area contributed by atoms with E-state index in [2.05, 4.69) is 20.4 Å². The van der Waals surface area contributed by atoms with Crippen molar-refractivity contribution < 1.29 is 19.1 Å². The Morgan fingerprint density at radius 2 is 1.74 bits per heavy atom. The van der Waals surface area contributed by atoms with Crippen molar-refractivity contribution in [2.24, 2.45) is 0 Å². The molecule has 1 aromatic heterocycles. The summed E-state index contributed by atoms with van der Waals surface area (Å²) in [6.07, 6.45) is 4.33. The van der Waals surface area contributed by atoms with Gasteiger partial charge in [0.25, 0.3) is 11.8 Å². The minimum Gasteiger partial charge on any atom is -0.469 e. The minimum atomic E-state index is -0.306. The number of pyridine rings is 1. The number of ether oxygens (including phenoxy) is 1. The SMILES string of the molecule is COC(=O)CCCCCNC(=O)c1ccc(NC(=O)c2ccccn2)cc1. The number of unbranched alkanes of at least 4 members (excludes halogenated alkanes) is 2. The minimum absolute atomic E-state index is 0.175. The van der Waals surface area contributed by atoms with Gasteiger partial charge in [0.1, 0.15) is 5.69 Å². The highest BCUT2D eigenvalue weighted by Crippen LogP contribution is 2.11. The van der Waals surface area contributed by atoms with E-state index in [0.717, 1.165) is 19.3 Å². The van der Waals surface area contributed by atoms with E-state index in [9.17, 15) is 14.4 Å². The summed E-state index contributed by atoms with van der Waals surface area (Å²) in [4.78, 5) is 39.1. The number of aromatic nitrogens is 1. The Balaban J connectivity index is 1.73. The number of carbonyl (C=O) groups excluding carboxylic acids is 3. The largest absolute Gasteiger partial charge is 0.469 e. The molecule has 0 unspecified atom stereocenters. The third kappa shape index (κ3) is 6.89. The summed E-state index contributed by atoms with van der Waals surface area (Å²) < 4.78 is 4.57. The van der Waals surface area contributed by atoms with Gasteiger partial charge in [0, 0.05) is 30.4 Å². The van der Waals surface area contributed by atoms with Crippen LogP contribution in [-0.4, -0.2) is 36.4 Å². The van der Waals surface area contributed by atoms with Gasteiger partial charge in [-0.2, -0.15) is 0 Å². The molecule has 1 aromatic carbocycles. The van der Waals surface area contributed by atoms with Crippen molar-refractivity contribution in [1.82, 2.24) is 10.3 Å². The van der Waals surface area contributed by atoms with Crippen molar-refractivity contribution in [3.63, 3.8) is 0 Å². The first-order valence-electron chi connectivity index (χ1n) is 8.77. The lowest BCUT2D eigenvalue weighted by Gasteiger charge is -2.07. The van der Waals surface area contributed by atoms with E-state index in [1.54, 1.807) is 48.7 Å². The van der Waals surface area contributed by atoms with Crippen LogP contribution in [0.5, 0.6) is 0 Å². The lowest BCUT2D eigenvalue weighted by atomic mass is 10.1. The summed E-state index contributed by atoms with van der Waals surface area (Å²) >= 11 is 0. The molecule has 0 spiro atoms. The first-order chi connectivity index (χ1) is 13.1. The van der Waals surface area contributed by atoms with Crippen LogP contribution in [0.3, 0.4) is 0 Å². The molecule has 0 atom stereocenters. The molecule has 142 valence electrons. The number of nitrogens with one attached hydrogen (secondary N) is 2.